The van der Waals surface area contributed by atoms with Gasteiger partial charge in [0.1, 0.15) is 0 Å². The molecule has 1 saturated carbocycles. The molecule has 0 radical (unpaired) electrons. The van der Waals surface area contributed by atoms with Crippen LogP contribution >= 0.6 is 45.2 Å². The van der Waals surface area contributed by atoms with Crippen LogP contribution in [0.15, 0.2) is 0 Å². The van der Waals surface area contributed by atoms with Crippen molar-refractivity contribution in [3.8, 4) is 0 Å². The van der Waals surface area contributed by atoms with Crippen LogP contribution in [0, 0.1) is 47.1 Å². The summed E-state index contributed by atoms with van der Waals surface area (Å²) in [4.78, 5) is 0. The molecule has 1 heterocycles. The van der Waals surface area contributed by atoms with Crippen LogP contribution in [-0.4, -0.2) is 66.0 Å². The first-order valence-corrected chi connectivity index (χ1v) is 19.9. The summed E-state index contributed by atoms with van der Waals surface area (Å²) in [6.45, 7) is 18.1. The van der Waals surface area contributed by atoms with Crippen LogP contribution in [0.25, 0.3) is 0 Å². The van der Waals surface area contributed by atoms with Gasteiger partial charge in [-0.05, 0) is 25.2 Å². The second-order valence-corrected chi connectivity index (χ2v) is 12.6. The fraction of sp³-hybridized carbons (Fsp3) is 0.861. The Hall–Kier alpha value is 2.49. The molecular weight excluding hydrogens is 1350 g/mol. The van der Waals surface area contributed by atoms with E-state index in [0.29, 0.717) is 37.6 Å². The summed E-state index contributed by atoms with van der Waals surface area (Å²) in [6, 6.07) is 0. The molecule has 48 heavy (non-hydrogen) atoms. The van der Waals surface area contributed by atoms with Crippen LogP contribution in [0.3, 0.4) is 0 Å². The molecule has 12 heteroatoms. The molecule has 1 N–H and O–H groups in total. The molecule has 4 unspecified atom stereocenters. The minimum atomic E-state index is 0. The largest absolute Gasteiger partial charge is 1.03 e. The van der Waals surface area contributed by atoms with Gasteiger partial charge in [-0.15, -0.1) is 0 Å². The fourth-order valence-corrected chi connectivity index (χ4v) is 6.11. The number of ether oxygens (including phenoxy) is 4. The Morgan fingerprint density at radius 3 is 1.77 bits per heavy atom. The standard InChI is InChI=1S/C16H31IO5.C12H22I.2C3H7.CH2O.CH3.2Cm.2K/c17-14-22-16-7-5-3-1-2-4-6-15(12-19-9-8-18)21-11-10-20-13-16;1-11-7-5-3-2-4-6-8-12(9-11)10-13;2*1-3-2;1-2;;;;;/h15-16,18H,1-14H2;11-12H,1-10H2;2*1,3H2,2H3;1H2;1H3;;;;/q;3*-1;-2;-1;;;2*+1. The van der Waals surface area contributed by atoms with Crippen LogP contribution in [0.5, 0.6) is 0 Å². The number of aliphatic hydroxyl groups excluding tert-OH is 1. The van der Waals surface area contributed by atoms with E-state index in [0.717, 1.165) is 37.5 Å². The Balaban J connectivity index is -0.0000000885. The van der Waals surface area contributed by atoms with Gasteiger partial charge in [-0.2, -0.15) is 18.8 Å². The van der Waals surface area contributed by atoms with Crippen molar-refractivity contribution in [3.05, 3.63) is 35.3 Å². The topological polar surface area (TPSA) is 80.2 Å². The van der Waals surface area contributed by atoms with E-state index in [1.807, 2.05) is 21.0 Å². The maximum absolute atomic E-state index is 8.78. The Labute approximate surface area is 401 Å². The maximum Gasteiger partial charge on any atom is 1.00 e. The van der Waals surface area contributed by atoms with Crippen molar-refractivity contribution >= 4 is 45.2 Å². The molecule has 2 aliphatic rings. The minimum Gasteiger partial charge on any atom is -1.03 e. The van der Waals surface area contributed by atoms with Gasteiger partial charge in [-0.25, -0.2) is 0 Å². The van der Waals surface area contributed by atoms with Crippen molar-refractivity contribution < 1.29 is 132 Å². The van der Waals surface area contributed by atoms with E-state index in [2.05, 4.69) is 66.0 Å². The second kappa shape index (κ2) is 61.5. The number of rotatable bonds is 7. The molecule has 0 aromatic carbocycles. The zero-order valence-corrected chi connectivity index (χ0v) is 48.2. The molecule has 1 saturated heterocycles. The molecule has 0 spiro atoms. The van der Waals surface area contributed by atoms with Crippen molar-refractivity contribution in [3.63, 3.8) is 0 Å². The smallest absolute Gasteiger partial charge is 1.00 e. The predicted molar refractivity (Wildman–Crippen MR) is 206 cm³/mol. The molecule has 1 aliphatic heterocycles. The first kappa shape index (κ1) is 68.5. The van der Waals surface area contributed by atoms with Crippen molar-refractivity contribution in [2.45, 2.75) is 135 Å². The van der Waals surface area contributed by atoms with E-state index >= 15 is 0 Å². The number of aliphatic hydroxyl groups is 1. The normalized spacial score (nSPS) is 21.9. The van der Waals surface area contributed by atoms with E-state index < -0.39 is 0 Å². The molecule has 1 aliphatic carbocycles. The Morgan fingerprint density at radius 2 is 1.27 bits per heavy atom. The first-order valence-electron chi connectivity index (χ1n) is 16.8. The average molecular weight is 1430 g/mol. The first-order chi connectivity index (χ1) is 21.0. The molecule has 6 nitrogen and oxygen atoms in total. The number of alkyl halides is 2. The van der Waals surface area contributed by atoms with Crippen LogP contribution < -0.4 is 108 Å². The van der Waals surface area contributed by atoms with Crippen LogP contribution in [-0.2, 0) is 18.9 Å². The quantitative estimate of drug-likeness (QED) is 0.138. The molecule has 4 atom stereocenters. The van der Waals surface area contributed by atoms with Gasteiger partial charge in [0.05, 0.1) is 56.5 Å². The zero-order chi connectivity index (χ0) is 32.8. The number of hydrogen-bond acceptors (Lipinski definition) is 6. The van der Waals surface area contributed by atoms with Crippen molar-refractivity contribution in [2.24, 2.45) is 11.8 Å². The van der Waals surface area contributed by atoms with Crippen LogP contribution in [0.1, 0.15) is 123 Å². The molecule has 2 fully saturated rings. The minimum absolute atomic E-state index is 0. The molecule has 0 aromatic heterocycles. The summed E-state index contributed by atoms with van der Waals surface area (Å²) < 4.78 is 24.7. The Morgan fingerprint density at radius 1 is 0.792 bits per heavy atom. The van der Waals surface area contributed by atoms with Gasteiger partial charge in [-0.3, -0.25) is 0 Å². The fourth-order valence-electron chi connectivity index (χ4n) is 4.80. The molecule has 0 bridgehead atoms. The van der Waals surface area contributed by atoms with Crippen LogP contribution in [0.2, 0.25) is 0 Å². The zero-order valence-electron chi connectivity index (χ0n) is 31.8. The van der Waals surface area contributed by atoms with E-state index in [4.69, 9.17) is 29.2 Å². The van der Waals surface area contributed by atoms with Gasteiger partial charge < -0.3 is 64.5 Å². The van der Waals surface area contributed by atoms with E-state index in [1.165, 1.54) is 87.9 Å². The monoisotopic (exact) mass is 1420 g/mol. The van der Waals surface area contributed by atoms with Gasteiger partial charge in [0, 0.05) is 4.43 Å². The van der Waals surface area contributed by atoms with Gasteiger partial charge >= 0.3 is 103 Å². The number of halogens is 2. The third-order valence-corrected chi connectivity index (χ3v) is 8.49. The summed E-state index contributed by atoms with van der Waals surface area (Å²) in [5.74, 6) is 1.69. The second-order valence-electron chi connectivity index (χ2n) is 11.1. The van der Waals surface area contributed by atoms with Crippen molar-refractivity contribution in [2.75, 3.05) is 48.7 Å². The van der Waals surface area contributed by atoms with E-state index in [1.54, 1.807) is 0 Å². The van der Waals surface area contributed by atoms with Crippen molar-refractivity contribution in [1.29, 1.82) is 0 Å². The summed E-state index contributed by atoms with van der Waals surface area (Å²) in [5, 5.41) is 16.8. The van der Waals surface area contributed by atoms with Gasteiger partial charge in [0.2, 0.25) is 0 Å². The predicted octanol–water partition coefficient (Wildman–Crippen LogP) is 3.60. The van der Waals surface area contributed by atoms with Gasteiger partial charge in [-0.1, -0.05) is 136 Å². The van der Waals surface area contributed by atoms with E-state index in [9.17, 15) is 0 Å². The Kier molecular flexibility index (Phi) is 87.8. The van der Waals surface area contributed by atoms with E-state index in [-0.39, 0.29) is 129 Å². The number of hydrogen-bond donors (Lipinski definition) is 1. The molecular formula is C36H72Cm2I2K2O6-4. The Bertz CT molecular complexity index is 498. The van der Waals surface area contributed by atoms with Gasteiger partial charge in [0.15, 0.2) is 0 Å². The molecule has 0 aromatic rings. The summed E-state index contributed by atoms with van der Waals surface area (Å²) >= 11 is 4.78. The molecule has 288 valence electrons. The van der Waals surface area contributed by atoms with Crippen LogP contribution in [0.4, 0.5) is 0 Å². The third kappa shape index (κ3) is 55.3. The third-order valence-electron chi connectivity index (χ3n) is 6.88. The summed E-state index contributed by atoms with van der Waals surface area (Å²) in [6.07, 6.45) is 22.0. The maximum atomic E-state index is 8.78. The molecule has 2 rings (SSSR count). The van der Waals surface area contributed by atoms with Crippen molar-refractivity contribution in [1.82, 2.24) is 0 Å². The molecule has 0 amide bonds. The average Bonchev–Trinajstić information content (AvgIpc) is 3.01. The SMILES string of the molecule is OCCOCC1CCCCCCCC(OCI)COCCO1.[CH2-]C1CCCCCCCC(CI)C1.[CH2-]CC.[CH2-]CC.[CH2-][O-].[CH3-].[Cm].[Cm].[K+].[K+]. The summed E-state index contributed by atoms with van der Waals surface area (Å²) in [5.41, 5.74) is 0. The summed E-state index contributed by atoms with van der Waals surface area (Å²) in [7, 11) is 2.00. The van der Waals surface area contributed by atoms with Gasteiger partial charge in [0.25, 0.3) is 0 Å².